The number of anilines is 1. The van der Waals surface area contributed by atoms with Crippen LogP contribution in [0.3, 0.4) is 0 Å². The zero-order valence-corrected chi connectivity index (χ0v) is 14.0. The summed E-state index contributed by atoms with van der Waals surface area (Å²) in [6, 6.07) is 7.34. The Labute approximate surface area is 138 Å². The molecule has 8 heteroatoms. The molecule has 2 heterocycles. The largest absolute Gasteiger partial charge is 0.312 e. The quantitative estimate of drug-likeness (QED) is 0.792. The number of amides is 1. The molecule has 5 nitrogen and oxygen atoms in total. The molecule has 0 saturated carbocycles. The van der Waals surface area contributed by atoms with Crippen molar-refractivity contribution < 1.29 is 17.1 Å². The van der Waals surface area contributed by atoms with Crippen LogP contribution in [-0.4, -0.2) is 31.6 Å². The summed E-state index contributed by atoms with van der Waals surface area (Å²) in [6.07, 6.45) is 0.0518. The lowest BCUT2D eigenvalue weighted by Gasteiger charge is -2.16. The molecule has 3 rings (SSSR count). The van der Waals surface area contributed by atoms with Crippen LogP contribution in [0.1, 0.15) is 11.4 Å². The number of aryl methyl sites for hydroxylation is 1. The molecule has 1 aliphatic heterocycles. The number of carbonyl (C=O) groups excluding carboxylic acids is 1. The van der Waals surface area contributed by atoms with Gasteiger partial charge in [0.05, 0.1) is 16.5 Å². The lowest BCUT2D eigenvalue weighted by atomic mass is 10.1. The molecule has 1 atom stereocenters. The van der Waals surface area contributed by atoms with Crippen molar-refractivity contribution in [1.82, 2.24) is 4.98 Å². The van der Waals surface area contributed by atoms with Crippen molar-refractivity contribution in [2.24, 2.45) is 5.92 Å². The summed E-state index contributed by atoms with van der Waals surface area (Å²) < 4.78 is 34.3. The smallest absolute Gasteiger partial charge is 0.302 e. The van der Waals surface area contributed by atoms with E-state index in [9.17, 15) is 17.1 Å². The third-order valence-corrected chi connectivity index (χ3v) is 5.38. The Bertz CT molecular complexity index is 831. The second-order valence-electron chi connectivity index (χ2n) is 5.58. The molecule has 0 spiro atoms. The van der Waals surface area contributed by atoms with Crippen LogP contribution in [0.4, 0.5) is 9.57 Å². The topological polar surface area (TPSA) is 67.3 Å². The summed E-state index contributed by atoms with van der Waals surface area (Å²) in [4.78, 5) is 17.9. The number of thiazole rings is 1. The van der Waals surface area contributed by atoms with Crippen LogP contribution in [-0.2, 0) is 15.0 Å². The van der Waals surface area contributed by atoms with Gasteiger partial charge < -0.3 is 4.90 Å². The van der Waals surface area contributed by atoms with Crippen LogP contribution in [0.25, 0.3) is 11.3 Å². The molecule has 1 aliphatic rings. The predicted octanol–water partition coefficient (Wildman–Crippen LogP) is 2.77. The maximum atomic E-state index is 12.8. The second-order valence-corrected chi connectivity index (χ2v) is 8.05. The minimum absolute atomic E-state index is 0.0518. The Balaban J connectivity index is 1.76. The van der Waals surface area contributed by atoms with Crippen molar-refractivity contribution in [2.75, 3.05) is 17.2 Å². The van der Waals surface area contributed by atoms with Crippen LogP contribution < -0.4 is 4.90 Å². The highest BCUT2D eigenvalue weighted by Crippen LogP contribution is 2.29. The molecule has 1 amide bonds. The van der Waals surface area contributed by atoms with Crippen LogP contribution in [0, 0.1) is 12.8 Å². The molecular weight excluding hydrogens is 339 g/mol. The number of hydrogen-bond acceptors (Lipinski definition) is 5. The molecule has 1 aromatic carbocycles. The Morgan fingerprint density at radius 1 is 1.35 bits per heavy atom. The number of nitrogens with zero attached hydrogens (tertiary/aromatic N) is 2. The third-order valence-electron chi connectivity index (χ3n) is 3.73. The molecule has 2 aromatic rings. The molecule has 122 valence electrons. The molecule has 0 N–H and O–H groups in total. The van der Waals surface area contributed by atoms with Gasteiger partial charge in [0, 0.05) is 35.5 Å². The van der Waals surface area contributed by atoms with Crippen LogP contribution in [0.15, 0.2) is 29.6 Å². The number of benzene rings is 1. The van der Waals surface area contributed by atoms with Gasteiger partial charge in [-0.2, -0.15) is 8.42 Å². The minimum atomic E-state index is -4.56. The third kappa shape index (κ3) is 3.76. The molecule has 0 bridgehead atoms. The highest BCUT2D eigenvalue weighted by molar-refractivity contribution is 7.86. The highest BCUT2D eigenvalue weighted by Gasteiger charge is 2.33. The van der Waals surface area contributed by atoms with E-state index in [1.54, 1.807) is 23.5 Å². The van der Waals surface area contributed by atoms with E-state index in [4.69, 9.17) is 0 Å². The van der Waals surface area contributed by atoms with Crippen molar-refractivity contribution in [2.45, 2.75) is 13.3 Å². The second kappa shape index (κ2) is 6.01. The number of carbonyl (C=O) groups is 1. The summed E-state index contributed by atoms with van der Waals surface area (Å²) in [7, 11) is -4.56. The molecule has 0 aliphatic carbocycles. The van der Waals surface area contributed by atoms with Gasteiger partial charge in [-0.15, -0.1) is 15.2 Å². The first-order valence-electron chi connectivity index (χ1n) is 7.07. The molecule has 1 aromatic heterocycles. The Morgan fingerprint density at radius 2 is 2.04 bits per heavy atom. The van der Waals surface area contributed by atoms with Gasteiger partial charge in [0.2, 0.25) is 5.91 Å². The average molecular weight is 354 g/mol. The zero-order valence-electron chi connectivity index (χ0n) is 12.4. The fourth-order valence-electron chi connectivity index (χ4n) is 2.73. The van der Waals surface area contributed by atoms with Crippen molar-refractivity contribution in [1.29, 1.82) is 0 Å². The minimum Gasteiger partial charge on any atom is -0.312 e. The Morgan fingerprint density at radius 3 is 2.61 bits per heavy atom. The molecule has 23 heavy (non-hydrogen) atoms. The van der Waals surface area contributed by atoms with E-state index in [-0.39, 0.29) is 18.9 Å². The predicted molar refractivity (Wildman–Crippen MR) is 87.6 cm³/mol. The van der Waals surface area contributed by atoms with Gasteiger partial charge in [0.1, 0.15) is 0 Å². The summed E-state index contributed by atoms with van der Waals surface area (Å²) in [5.74, 6) is -1.29. The molecular formula is C15H15FN2O3S2. The first kappa shape index (κ1) is 16.1. The van der Waals surface area contributed by atoms with E-state index in [0.29, 0.717) is 5.69 Å². The number of halogens is 1. The Kier molecular flexibility index (Phi) is 4.20. The Hall–Kier alpha value is -1.80. The normalized spacial score (nSPS) is 18.6. The van der Waals surface area contributed by atoms with Crippen LogP contribution in [0.5, 0.6) is 0 Å². The number of hydrogen-bond donors (Lipinski definition) is 0. The van der Waals surface area contributed by atoms with Gasteiger partial charge in [-0.25, -0.2) is 4.98 Å². The van der Waals surface area contributed by atoms with Crippen molar-refractivity contribution in [3.8, 4) is 11.3 Å². The van der Waals surface area contributed by atoms with Gasteiger partial charge in [-0.05, 0) is 19.1 Å². The van der Waals surface area contributed by atoms with Gasteiger partial charge in [-0.1, -0.05) is 12.1 Å². The summed E-state index contributed by atoms with van der Waals surface area (Å²) in [6.45, 7) is 2.15. The molecule has 1 unspecified atom stereocenters. The van der Waals surface area contributed by atoms with Crippen molar-refractivity contribution in [3.05, 3.63) is 34.7 Å². The van der Waals surface area contributed by atoms with Gasteiger partial charge in [0.15, 0.2) is 0 Å². The van der Waals surface area contributed by atoms with Gasteiger partial charge in [0.25, 0.3) is 0 Å². The maximum Gasteiger partial charge on any atom is 0.302 e. The highest BCUT2D eigenvalue weighted by atomic mass is 32.3. The van der Waals surface area contributed by atoms with E-state index in [2.05, 4.69) is 4.98 Å². The molecule has 1 fully saturated rings. The first-order valence-corrected chi connectivity index (χ1v) is 9.50. The lowest BCUT2D eigenvalue weighted by molar-refractivity contribution is -0.117. The number of rotatable bonds is 4. The standard InChI is InChI=1S/C15H15FN2O3S2/c1-10-17-14(8-22-10)12-2-4-13(5-3-12)18-7-11(6-15(18)19)9-23(16,20)21/h2-5,8,11H,6-7,9H2,1H3. The summed E-state index contributed by atoms with van der Waals surface area (Å²) in [5, 5.41) is 2.95. The zero-order chi connectivity index (χ0) is 16.6. The van der Waals surface area contributed by atoms with Crippen LogP contribution >= 0.6 is 11.3 Å². The lowest BCUT2D eigenvalue weighted by Crippen LogP contribution is -2.25. The molecule has 1 saturated heterocycles. The summed E-state index contributed by atoms with van der Waals surface area (Å²) >= 11 is 1.57. The SMILES string of the molecule is Cc1nc(-c2ccc(N3CC(CS(=O)(=O)F)CC3=O)cc2)cs1. The maximum absolute atomic E-state index is 12.8. The average Bonchev–Trinajstić information content (AvgIpc) is 3.03. The van der Waals surface area contributed by atoms with Crippen LogP contribution in [0.2, 0.25) is 0 Å². The van der Waals surface area contributed by atoms with Crippen molar-refractivity contribution in [3.63, 3.8) is 0 Å². The first-order chi connectivity index (χ1) is 10.8. The van der Waals surface area contributed by atoms with Gasteiger partial charge in [-0.3, -0.25) is 4.79 Å². The molecule has 0 radical (unpaired) electrons. The fraction of sp³-hybridized carbons (Fsp3) is 0.333. The van der Waals surface area contributed by atoms with E-state index in [1.165, 1.54) is 4.90 Å². The monoisotopic (exact) mass is 354 g/mol. The van der Waals surface area contributed by atoms with E-state index in [1.807, 2.05) is 24.4 Å². The van der Waals surface area contributed by atoms with E-state index < -0.39 is 21.9 Å². The van der Waals surface area contributed by atoms with Gasteiger partial charge >= 0.3 is 10.2 Å². The fourth-order valence-corrected chi connectivity index (χ4v) is 4.14. The van der Waals surface area contributed by atoms with E-state index in [0.717, 1.165) is 16.3 Å². The van der Waals surface area contributed by atoms with Crippen molar-refractivity contribution >= 4 is 33.2 Å². The van der Waals surface area contributed by atoms with E-state index >= 15 is 0 Å². The summed E-state index contributed by atoms with van der Waals surface area (Å²) in [5.41, 5.74) is 2.52. The number of aromatic nitrogens is 1.